The molecule has 0 aliphatic heterocycles. The van der Waals surface area contributed by atoms with E-state index in [9.17, 15) is 22.8 Å². The smallest absolute Gasteiger partial charge is 0.417 e. The van der Waals surface area contributed by atoms with Crippen LogP contribution in [0.5, 0.6) is 5.75 Å². The summed E-state index contributed by atoms with van der Waals surface area (Å²) in [5.74, 6) is -1.15. The highest BCUT2D eigenvalue weighted by Gasteiger charge is 2.35. The average molecular weight is 352 g/mol. The molecule has 7 heteroatoms. The zero-order valence-corrected chi connectivity index (χ0v) is 13.3. The summed E-state index contributed by atoms with van der Waals surface area (Å²) >= 11 is 0. The number of hydrogen-bond acceptors (Lipinski definition) is 4. The van der Waals surface area contributed by atoms with Crippen molar-refractivity contribution in [3.8, 4) is 5.75 Å². The van der Waals surface area contributed by atoms with Gasteiger partial charge in [0.1, 0.15) is 5.75 Å². The molecule has 0 heterocycles. The molecule has 0 amide bonds. The molecule has 0 spiro atoms. The third-order valence-corrected chi connectivity index (χ3v) is 3.27. The van der Waals surface area contributed by atoms with E-state index in [0.29, 0.717) is 12.4 Å². The fourth-order valence-corrected chi connectivity index (χ4v) is 2.10. The van der Waals surface area contributed by atoms with Crippen LogP contribution in [0, 0.1) is 0 Å². The molecule has 0 aliphatic rings. The number of carbonyl (C=O) groups excluding carboxylic acids is 2. The fraction of sp³-hybridized carbons (Fsp3) is 0.222. The normalized spacial score (nSPS) is 11.0. The summed E-state index contributed by atoms with van der Waals surface area (Å²) in [4.78, 5) is 23.9. The number of Topliss-reactive ketones (excluding diaryl/α,β-unsaturated/α-hetero) is 1. The minimum atomic E-state index is -4.69. The second kappa shape index (κ2) is 7.83. The van der Waals surface area contributed by atoms with Crippen molar-refractivity contribution in [2.75, 3.05) is 13.2 Å². The number of carbonyl (C=O) groups is 2. The monoisotopic (exact) mass is 352 g/mol. The number of ether oxygens (including phenoxy) is 2. The fourth-order valence-electron chi connectivity index (χ4n) is 2.10. The summed E-state index contributed by atoms with van der Waals surface area (Å²) in [6.45, 7) is 1.64. The van der Waals surface area contributed by atoms with E-state index in [1.54, 1.807) is 12.1 Å². The summed E-state index contributed by atoms with van der Waals surface area (Å²) in [5.41, 5.74) is -1.47. The number of esters is 1. The van der Waals surface area contributed by atoms with Crippen molar-refractivity contribution < 1.29 is 32.2 Å². The van der Waals surface area contributed by atoms with Crippen molar-refractivity contribution >= 4 is 11.8 Å². The lowest BCUT2D eigenvalue weighted by Crippen LogP contribution is -2.18. The van der Waals surface area contributed by atoms with Gasteiger partial charge in [-0.1, -0.05) is 12.1 Å². The molecule has 0 saturated carbocycles. The lowest BCUT2D eigenvalue weighted by Gasteiger charge is -2.12. The van der Waals surface area contributed by atoms with E-state index in [1.165, 1.54) is 24.3 Å². The minimum Gasteiger partial charge on any atom is -0.494 e. The summed E-state index contributed by atoms with van der Waals surface area (Å²) in [7, 11) is 0. The van der Waals surface area contributed by atoms with Crippen molar-refractivity contribution in [2.45, 2.75) is 13.1 Å². The maximum Gasteiger partial charge on any atom is 0.417 e. The van der Waals surface area contributed by atoms with Crippen LogP contribution in [-0.2, 0) is 10.9 Å². The van der Waals surface area contributed by atoms with E-state index in [-0.39, 0.29) is 5.56 Å². The molecule has 4 nitrogen and oxygen atoms in total. The number of hydrogen-bond donors (Lipinski definition) is 0. The maximum atomic E-state index is 12.9. The van der Waals surface area contributed by atoms with Crippen LogP contribution in [0.15, 0.2) is 48.5 Å². The Hall–Kier alpha value is -2.83. The molecule has 132 valence electrons. The van der Waals surface area contributed by atoms with Crippen LogP contribution < -0.4 is 4.74 Å². The Balaban J connectivity index is 2.04. The molecule has 0 N–H and O–H groups in total. The Kier molecular flexibility index (Phi) is 5.80. The van der Waals surface area contributed by atoms with Gasteiger partial charge in [-0.05, 0) is 43.3 Å². The highest BCUT2D eigenvalue weighted by atomic mass is 19.4. The topological polar surface area (TPSA) is 52.6 Å². The van der Waals surface area contributed by atoms with Gasteiger partial charge in [0.2, 0.25) is 0 Å². The van der Waals surface area contributed by atoms with E-state index in [0.717, 1.165) is 12.1 Å². The molecule has 0 radical (unpaired) electrons. The first kappa shape index (κ1) is 18.5. The van der Waals surface area contributed by atoms with Crippen molar-refractivity contribution in [1.82, 2.24) is 0 Å². The third-order valence-electron chi connectivity index (χ3n) is 3.27. The predicted octanol–water partition coefficient (Wildman–Crippen LogP) is 4.14. The summed E-state index contributed by atoms with van der Waals surface area (Å²) in [6.07, 6.45) is -4.69. The number of halogens is 3. The Morgan fingerprint density at radius 3 is 2.24 bits per heavy atom. The van der Waals surface area contributed by atoms with E-state index >= 15 is 0 Å². The predicted molar refractivity (Wildman–Crippen MR) is 83.7 cm³/mol. The summed E-state index contributed by atoms with van der Waals surface area (Å²) in [5, 5.41) is 0. The largest absolute Gasteiger partial charge is 0.494 e. The molecule has 0 fully saturated rings. The molecule has 0 atom stereocenters. The van der Waals surface area contributed by atoms with Crippen molar-refractivity contribution in [1.29, 1.82) is 0 Å². The second-order valence-corrected chi connectivity index (χ2v) is 5.00. The molecule has 0 bridgehead atoms. The quantitative estimate of drug-likeness (QED) is 0.579. The highest BCUT2D eigenvalue weighted by Crippen LogP contribution is 2.32. The van der Waals surface area contributed by atoms with Crippen LogP contribution in [0.25, 0.3) is 0 Å². The molecule has 0 unspecified atom stereocenters. The Labute approximate surface area is 142 Å². The van der Waals surface area contributed by atoms with E-state index in [2.05, 4.69) is 0 Å². The molecule has 2 aromatic rings. The van der Waals surface area contributed by atoms with E-state index in [4.69, 9.17) is 9.47 Å². The number of alkyl halides is 3. The van der Waals surface area contributed by atoms with Gasteiger partial charge in [-0.15, -0.1) is 0 Å². The second-order valence-electron chi connectivity index (χ2n) is 5.00. The van der Waals surface area contributed by atoms with Crippen LogP contribution in [0.3, 0.4) is 0 Å². The van der Waals surface area contributed by atoms with Gasteiger partial charge in [-0.2, -0.15) is 13.2 Å². The molecule has 2 rings (SSSR count). The van der Waals surface area contributed by atoms with Crippen LogP contribution in [0.2, 0.25) is 0 Å². The Morgan fingerprint density at radius 2 is 1.64 bits per heavy atom. The van der Waals surface area contributed by atoms with Crippen LogP contribution >= 0.6 is 0 Å². The molecule has 0 aromatic heterocycles. The zero-order chi connectivity index (χ0) is 18.4. The molecule has 0 saturated heterocycles. The third kappa shape index (κ3) is 4.82. The van der Waals surface area contributed by atoms with Gasteiger partial charge in [0, 0.05) is 5.56 Å². The van der Waals surface area contributed by atoms with Crippen molar-refractivity contribution in [3.63, 3.8) is 0 Å². The molecular formula is C18H15F3O4. The van der Waals surface area contributed by atoms with Crippen molar-refractivity contribution in [3.05, 3.63) is 65.2 Å². The number of benzene rings is 2. The maximum absolute atomic E-state index is 12.9. The Morgan fingerprint density at radius 1 is 1.00 bits per heavy atom. The summed E-state index contributed by atoms with van der Waals surface area (Å²) in [6, 6.07) is 10.4. The van der Waals surface area contributed by atoms with Gasteiger partial charge in [-0.25, -0.2) is 4.79 Å². The zero-order valence-electron chi connectivity index (χ0n) is 13.3. The van der Waals surface area contributed by atoms with Gasteiger partial charge in [-0.3, -0.25) is 4.79 Å². The minimum absolute atomic E-state index is 0.264. The number of ketones is 1. The molecule has 0 aliphatic carbocycles. The van der Waals surface area contributed by atoms with Gasteiger partial charge < -0.3 is 9.47 Å². The van der Waals surface area contributed by atoms with E-state index < -0.39 is 35.7 Å². The van der Waals surface area contributed by atoms with Gasteiger partial charge in [0.25, 0.3) is 0 Å². The van der Waals surface area contributed by atoms with Crippen LogP contribution in [0.4, 0.5) is 13.2 Å². The standard InChI is InChI=1S/C18H15F3O4/c1-2-24-13-9-7-12(8-10-13)16(22)11-25-17(23)14-5-3-4-6-15(14)18(19,20)21/h3-10H,2,11H2,1H3. The van der Waals surface area contributed by atoms with Gasteiger partial charge >= 0.3 is 12.1 Å². The lowest BCUT2D eigenvalue weighted by molar-refractivity contribution is -0.138. The van der Waals surface area contributed by atoms with Crippen LogP contribution in [-0.4, -0.2) is 25.0 Å². The first-order chi connectivity index (χ1) is 11.8. The highest BCUT2D eigenvalue weighted by molar-refractivity contribution is 5.99. The lowest BCUT2D eigenvalue weighted by atomic mass is 10.1. The first-order valence-corrected chi connectivity index (χ1v) is 7.42. The van der Waals surface area contributed by atoms with Crippen LogP contribution in [0.1, 0.15) is 33.2 Å². The Bertz CT molecular complexity index is 752. The molecular weight excluding hydrogens is 337 g/mol. The average Bonchev–Trinajstić information content (AvgIpc) is 2.59. The SMILES string of the molecule is CCOc1ccc(C(=O)COC(=O)c2ccccc2C(F)(F)F)cc1. The van der Waals surface area contributed by atoms with Gasteiger partial charge in [0.15, 0.2) is 12.4 Å². The molecule has 25 heavy (non-hydrogen) atoms. The van der Waals surface area contributed by atoms with Crippen molar-refractivity contribution in [2.24, 2.45) is 0 Å². The van der Waals surface area contributed by atoms with E-state index in [1.807, 2.05) is 6.92 Å². The molecule has 2 aromatic carbocycles. The summed E-state index contributed by atoms with van der Waals surface area (Å²) < 4.78 is 48.6. The first-order valence-electron chi connectivity index (χ1n) is 7.42. The van der Waals surface area contributed by atoms with Gasteiger partial charge in [0.05, 0.1) is 17.7 Å². The number of rotatable bonds is 6.